The Labute approximate surface area is 153 Å². The van der Waals surface area contributed by atoms with Crippen LogP contribution >= 0.6 is 11.5 Å². The monoisotopic (exact) mass is 367 g/mol. The van der Waals surface area contributed by atoms with Gasteiger partial charge in [-0.1, -0.05) is 13.8 Å². The number of anilines is 1. The predicted molar refractivity (Wildman–Crippen MR) is 102 cm³/mol. The quantitative estimate of drug-likeness (QED) is 0.545. The van der Waals surface area contributed by atoms with Crippen molar-refractivity contribution in [3.05, 3.63) is 5.82 Å². The van der Waals surface area contributed by atoms with Gasteiger partial charge >= 0.3 is 0 Å². The summed E-state index contributed by atoms with van der Waals surface area (Å²) in [6, 6.07) is 0. The van der Waals surface area contributed by atoms with Gasteiger partial charge in [0.05, 0.1) is 0 Å². The summed E-state index contributed by atoms with van der Waals surface area (Å²) in [7, 11) is 0. The van der Waals surface area contributed by atoms with Gasteiger partial charge in [0, 0.05) is 57.2 Å². The van der Waals surface area contributed by atoms with Crippen LogP contribution in [0.25, 0.3) is 0 Å². The summed E-state index contributed by atoms with van der Waals surface area (Å²) in [5.74, 6) is 1.69. The number of aliphatic imine (C=N–C) groups is 1. The van der Waals surface area contributed by atoms with E-state index in [2.05, 4.69) is 41.7 Å². The van der Waals surface area contributed by atoms with E-state index in [9.17, 15) is 4.79 Å². The average molecular weight is 368 g/mol. The van der Waals surface area contributed by atoms with Gasteiger partial charge in [-0.05, 0) is 13.3 Å². The van der Waals surface area contributed by atoms with Gasteiger partial charge in [-0.25, -0.2) is 9.98 Å². The van der Waals surface area contributed by atoms with Crippen molar-refractivity contribution >= 4 is 28.5 Å². The molecule has 0 aliphatic carbocycles. The van der Waals surface area contributed by atoms with Gasteiger partial charge in [-0.15, -0.1) is 0 Å². The van der Waals surface area contributed by atoms with Gasteiger partial charge in [0.15, 0.2) is 5.96 Å². The summed E-state index contributed by atoms with van der Waals surface area (Å²) in [4.78, 5) is 25.3. The number of nitrogens with zero attached hydrogens (tertiary/aromatic N) is 5. The summed E-state index contributed by atoms with van der Waals surface area (Å²) in [5, 5.41) is 7.14. The second kappa shape index (κ2) is 10.2. The van der Waals surface area contributed by atoms with Crippen LogP contribution in [0.1, 0.15) is 33.0 Å². The lowest BCUT2D eigenvalue weighted by Gasteiger charge is -2.36. The molecule has 25 heavy (non-hydrogen) atoms. The van der Waals surface area contributed by atoms with E-state index in [1.54, 1.807) is 0 Å². The van der Waals surface area contributed by atoms with Crippen molar-refractivity contribution in [3.8, 4) is 0 Å². The largest absolute Gasteiger partial charge is 0.357 e. The normalized spacial score (nSPS) is 15.4. The Morgan fingerprint density at radius 3 is 2.56 bits per heavy atom. The van der Waals surface area contributed by atoms with Gasteiger partial charge < -0.3 is 20.4 Å². The maximum Gasteiger partial charge on any atom is 0.241 e. The molecule has 0 saturated carbocycles. The van der Waals surface area contributed by atoms with E-state index < -0.39 is 0 Å². The van der Waals surface area contributed by atoms with Gasteiger partial charge in [0.2, 0.25) is 11.0 Å². The fourth-order valence-electron chi connectivity index (χ4n) is 2.52. The molecule has 2 heterocycles. The van der Waals surface area contributed by atoms with Crippen LogP contribution in [0.5, 0.6) is 0 Å². The van der Waals surface area contributed by atoms with Crippen molar-refractivity contribution in [2.24, 2.45) is 4.99 Å². The van der Waals surface area contributed by atoms with Crippen molar-refractivity contribution < 1.29 is 4.79 Å². The minimum atomic E-state index is -0.0307. The molecule has 0 bridgehead atoms. The number of aryl methyl sites for hydroxylation is 1. The SMILES string of the molecule is CCCNC(=O)CN=C(NCC)N1CCN(c2nc(CC)ns2)CC1. The molecule has 1 fully saturated rings. The molecule has 1 aliphatic heterocycles. The molecule has 0 aromatic carbocycles. The van der Waals surface area contributed by atoms with E-state index in [4.69, 9.17) is 0 Å². The third-order valence-corrected chi connectivity index (χ3v) is 4.72. The van der Waals surface area contributed by atoms with Gasteiger partial charge in [-0.3, -0.25) is 4.79 Å². The third-order valence-electron chi connectivity index (χ3n) is 3.90. The molecule has 0 unspecified atom stereocenters. The van der Waals surface area contributed by atoms with E-state index >= 15 is 0 Å². The van der Waals surface area contributed by atoms with Crippen LogP contribution in [0.15, 0.2) is 4.99 Å². The number of rotatable bonds is 7. The number of nitrogens with one attached hydrogen (secondary N) is 2. The Bertz CT molecular complexity index is 567. The molecular weight excluding hydrogens is 338 g/mol. The lowest BCUT2D eigenvalue weighted by atomic mass is 10.3. The van der Waals surface area contributed by atoms with Crippen molar-refractivity contribution in [1.29, 1.82) is 0 Å². The van der Waals surface area contributed by atoms with Crippen molar-refractivity contribution in [3.63, 3.8) is 0 Å². The number of guanidine groups is 1. The van der Waals surface area contributed by atoms with Crippen LogP contribution in [0.4, 0.5) is 5.13 Å². The molecular formula is C16H29N7OS. The number of hydrogen-bond acceptors (Lipinski definition) is 6. The highest BCUT2D eigenvalue weighted by Gasteiger charge is 2.22. The maximum absolute atomic E-state index is 11.8. The Kier molecular flexibility index (Phi) is 7.90. The van der Waals surface area contributed by atoms with Crippen LogP contribution in [-0.2, 0) is 11.2 Å². The first-order chi connectivity index (χ1) is 12.2. The number of amides is 1. The van der Waals surface area contributed by atoms with Crippen molar-refractivity contribution in [2.45, 2.75) is 33.6 Å². The lowest BCUT2D eigenvalue weighted by molar-refractivity contribution is -0.119. The molecule has 140 valence electrons. The van der Waals surface area contributed by atoms with Gasteiger partial charge in [0.1, 0.15) is 12.4 Å². The van der Waals surface area contributed by atoms with E-state index in [1.165, 1.54) is 11.5 Å². The first-order valence-corrected chi connectivity index (χ1v) is 9.82. The summed E-state index contributed by atoms with van der Waals surface area (Å²) in [6.45, 7) is 11.3. The van der Waals surface area contributed by atoms with E-state index in [0.717, 1.165) is 62.5 Å². The maximum atomic E-state index is 11.8. The zero-order chi connectivity index (χ0) is 18.1. The lowest BCUT2D eigenvalue weighted by Crippen LogP contribution is -2.52. The zero-order valence-corrected chi connectivity index (χ0v) is 16.2. The third kappa shape index (κ3) is 5.84. The number of carbonyl (C=O) groups excluding carboxylic acids is 1. The molecule has 1 saturated heterocycles. The van der Waals surface area contributed by atoms with Crippen molar-refractivity contribution in [1.82, 2.24) is 24.9 Å². The average Bonchev–Trinajstić information content (AvgIpc) is 3.13. The van der Waals surface area contributed by atoms with Gasteiger partial charge in [-0.2, -0.15) is 4.37 Å². The molecule has 1 aromatic heterocycles. The first kappa shape index (κ1) is 19.4. The molecule has 9 heteroatoms. The minimum absolute atomic E-state index is 0.0307. The van der Waals surface area contributed by atoms with E-state index in [0.29, 0.717) is 6.54 Å². The van der Waals surface area contributed by atoms with E-state index in [-0.39, 0.29) is 12.5 Å². The Balaban J connectivity index is 1.89. The summed E-state index contributed by atoms with van der Waals surface area (Å²) in [5.41, 5.74) is 0. The molecule has 2 N–H and O–H groups in total. The number of aromatic nitrogens is 2. The first-order valence-electron chi connectivity index (χ1n) is 9.05. The number of carbonyl (C=O) groups is 1. The van der Waals surface area contributed by atoms with E-state index in [1.807, 2.05) is 13.8 Å². The van der Waals surface area contributed by atoms with Crippen LogP contribution in [0.2, 0.25) is 0 Å². The van der Waals surface area contributed by atoms with Crippen LogP contribution in [0.3, 0.4) is 0 Å². The second-order valence-corrected chi connectivity index (χ2v) is 6.57. The number of hydrogen-bond donors (Lipinski definition) is 2. The highest BCUT2D eigenvalue weighted by Crippen LogP contribution is 2.19. The summed E-state index contributed by atoms with van der Waals surface area (Å²) >= 11 is 1.47. The number of piperazine rings is 1. The second-order valence-electron chi connectivity index (χ2n) is 5.84. The topological polar surface area (TPSA) is 85.8 Å². The molecule has 8 nitrogen and oxygen atoms in total. The molecule has 0 spiro atoms. The molecule has 0 atom stereocenters. The highest BCUT2D eigenvalue weighted by atomic mass is 32.1. The Hall–Kier alpha value is -1.90. The molecule has 1 aliphatic rings. The fourth-order valence-corrected chi connectivity index (χ4v) is 3.32. The van der Waals surface area contributed by atoms with Crippen LogP contribution in [0, 0.1) is 0 Å². The van der Waals surface area contributed by atoms with Crippen LogP contribution < -0.4 is 15.5 Å². The van der Waals surface area contributed by atoms with Gasteiger partial charge in [0.25, 0.3) is 0 Å². The van der Waals surface area contributed by atoms with Crippen LogP contribution in [-0.4, -0.2) is 71.9 Å². The predicted octanol–water partition coefficient (Wildman–Crippen LogP) is 0.714. The Morgan fingerprint density at radius 2 is 1.96 bits per heavy atom. The summed E-state index contributed by atoms with van der Waals surface area (Å²) in [6.07, 6.45) is 1.80. The molecule has 1 amide bonds. The summed E-state index contributed by atoms with van der Waals surface area (Å²) < 4.78 is 4.36. The molecule has 0 radical (unpaired) electrons. The van der Waals surface area contributed by atoms with Crippen molar-refractivity contribution in [2.75, 3.05) is 50.7 Å². The Morgan fingerprint density at radius 1 is 1.20 bits per heavy atom. The highest BCUT2D eigenvalue weighted by molar-refractivity contribution is 7.09. The minimum Gasteiger partial charge on any atom is -0.357 e. The zero-order valence-electron chi connectivity index (χ0n) is 15.4. The molecule has 2 rings (SSSR count). The molecule has 1 aromatic rings. The fraction of sp³-hybridized carbons (Fsp3) is 0.750. The standard InChI is InChI=1S/C16H29N7OS/c1-4-7-18-14(24)12-19-15(17-6-3)22-8-10-23(11-9-22)16-20-13(5-2)21-25-16/h4-12H2,1-3H3,(H,17,19)(H,18,24). The smallest absolute Gasteiger partial charge is 0.241 e.